The topological polar surface area (TPSA) is 42.0 Å². The van der Waals surface area contributed by atoms with Crippen molar-refractivity contribution in [3.05, 3.63) is 52.7 Å². The van der Waals surface area contributed by atoms with Crippen LogP contribution in [0.4, 0.5) is 5.69 Å². The molecule has 0 aliphatic heterocycles. The van der Waals surface area contributed by atoms with E-state index in [1.165, 1.54) is 11.8 Å². The van der Waals surface area contributed by atoms with Crippen LogP contribution in [0.2, 0.25) is 5.02 Å². The molecular weight excluding hydrogens is 292 g/mol. The van der Waals surface area contributed by atoms with Crippen LogP contribution in [0.1, 0.15) is 11.1 Å². The summed E-state index contributed by atoms with van der Waals surface area (Å²) in [6, 6.07) is 9.55. The Bertz CT molecular complexity index is 594. The maximum absolute atomic E-state index is 11.9. The Labute approximate surface area is 127 Å². The monoisotopic (exact) mass is 306 g/mol. The van der Waals surface area contributed by atoms with E-state index in [9.17, 15) is 4.79 Å². The summed E-state index contributed by atoms with van der Waals surface area (Å²) in [5.74, 6) is 0.276. The predicted octanol–water partition coefficient (Wildman–Crippen LogP) is 4.08. The number of hydrogen-bond acceptors (Lipinski definition) is 3. The summed E-state index contributed by atoms with van der Waals surface area (Å²) in [5, 5.41) is 4.27. The van der Waals surface area contributed by atoms with Gasteiger partial charge in [-0.2, -0.15) is 0 Å². The number of pyridine rings is 1. The summed E-state index contributed by atoms with van der Waals surface area (Å²) in [6.07, 6.45) is 1.58. The second kappa shape index (κ2) is 6.77. The molecule has 0 aliphatic carbocycles. The fourth-order valence-electron chi connectivity index (χ4n) is 1.83. The number of aryl methyl sites for hydroxylation is 2. The molecule has 0 unspecified atom stereocenters. The molecule has 0 aliphatic rings. The SMILES string of the molecule is Cc1cc(C)cc(NC(=O)CSc2ccc(Cl)cn2)c1. The van der Waals surface area contributed by atoms with Crippen LogP contribution in [0.5, 0.6) is 0 Å². The molecule has 0 radical (unpaired) electrons. The first kappa shape index (κ1) is 14.9. The number of halogens is 1. The van der Waals surface area contributed by atoms with E-state index >= 15 is 0 Å². The van der Waals surface area contributed by atoms with E-state index in [4.69, 9.17) is 11.6 Å². The summed E-state index contributed by atoms with van der Waals surface area (Å²) in [4.78, 5) is 16.0. The van der Waals surface area contributed by atoms with Gasteiger partial charge in [-0.3, -0.25) is 4.79 Å². The number of hydrogen-bond donors (Lipinski definition) is 1. The van der Waals surface area contributed by atoms with E-state index in [-0.39, 0.29) is 5.91 Å². The zero-order chi connectivity index (χ0) is 14.5. The lowest BCUT2D eigenvalue weighted by atomic mass is 10.1. The van der Waals surface area contributed by atoms with Crippen molar-refractivity contribution >= 4 is 35.0 Å². The number of benzene rings is 1. The lowest BCUT2D eigenvalue weighted by Gasteiger charge is -2.07. The van der Waals surface area contributed by atoms with Crippen molar-refractivity contribution in [3.8, 4) is 0 Å². The molecule has 1 N–H and O–H groups in total. The molecule has 1 heterocycles. The largest absolute Gasteiger partial charge is 0.325 e. The summed E-state index contributed by atoms with van der Waals surface area (Å²) < 4.78 is 0. The van der Waals surface area contributed by atoms with Crippen molar-refractivity contribution in [2.45, 2.75) is 18.9 Å². The highest BCUT2D eigenvalue weighted by Crippen LogP contribution is 2.18. The Morgan fingerprint density at radius 1 is 1.25 bits per heavy atom. The Kier molecular flexibility index (Phi) is 5.04. The van der Waals surface area contributed by atoms with Crippen LogP contribution in [-0.2, 0) is 4.79 Å². The van der Waals surface area contributed by atoms with Gasteiger partial charge in [-0.1, -0.05) is 29.4 Å². The van der Waals surface area contributed by atoms with E-state index in [1.54, 1.807) is 18.3 Å². The van der Waals surface area contributed by atoms with Gasteiger partial charge in [-0.25, -0.2) is 4.98 Å². The number of aromatic nitrogens is 1. The zero-order valence-corrected chi connectivity index (χ0v) is 12.9. The Balaban J connectivity index is 1.90. The minimum absolute atomic E-state index is 0.0447. The fraction of sp³-hybridized carbons (Fsp3) is 0.200. The second-order valence-corrected chi connectivity index (χ2v) is 5.96. The molecule has 20 heavy (non-hydrogen) atoms. The minimum atomic E-state index is -0.0447. The predicted molar refractivity (Wildman–Crippen MR) is 84.5 cm³/mol. The number of nitrogens with one attached hydrogen (secondary N) is 1. The van der Waals surface area contributed by atoms with Gasteiger partial charge in [0.05, 0.1) is 15.8 Å². The maximum Gasteiger partial charge on any atom is 0.234 e. The summed E-state index contributed by atoms with van der Waals surface area (Å²) >= 11 is 7.14. The molecule has 2 aromatic rings. The van der Waals surface area contributed by atoms with E-state index in [0.29, 0.717) is 10.8 Å². The van der Waals surface area contributed by atoms with Gasteiger partial charge in [0.15, 0.2) is 0 Å². The number of carbonyl (C=O) groups excluding carboxylic acids is 1. The first-order chi connectivity index (χ1) is 9.52. The van der Waals surface area contributed by atoms with Crippen LogP contribution in [0, 0.1) is 13.8 Å². The molecule has 0 atom stereocenters. The fourth-order valence-corrected chi connectivity index (χ4v) is 2.59. The highest BCUT2D eigenvalue weighted by atomic mass is 35.5. The summed E-state index contributed by atoms with van der Waals surface area (Å²) in [6.45, 7) is 4.02. The third kappa shape index (κ3) is 4.54. The van der Waals surface area contributed by atoms with Crippen LogP contribution >= 0.6 is 23.4 Å². The van der Waals surface area contributed by atoms with Gasteiger partial charge < -0.3 is 5.32 Å². The van der Waals surface area contributed by atoms with Crippen molar-refractivity contribution in [2.24, 2.45) is 0 Å². The highest BCUT2D eigenvalue weighted by Gasteiger charge is 2.05. The molecule has 104 valence electrons. The molecule has 0 bridgehead atoms. The van der Waals surface area contributed by atoms with Crippen LogP contribution in [0.3, 0.4) is 0 Å². The molecule has 0 saturated heterocycles. The Hall–Kier alpha value is -1.52. The standard InChI is InChI=1S/C15H15ClN2OS/c1-10-5-11(2)7-13(6-10)18-14(19)9-20-15-4-3-12(16)8-17-15/h3-8H,9H2,1-2H3,(H,18,19). The summed E-state index contributed by atoms with van der Waals surface area (Å²) in [7, 11) is 0. The van der Waals surface area contributed by atoms with Crippen LogP contribution in [-0.4, -0.2) is 16.6 Å². The maximum atomic E-state index is 11.9. The third-order valence-electron chi connectivity index (χ3n) is 2.56. The molecule has 1 aromatic carbocycles. The number of anilines is 1. The molecule has 0 saturated carbocycles. The first-order valence-corrected chi connectivity index (χ1v) is 7.52. The smallest absolute Gasteiger partial charge is 0.234 e. The third-order valence-corrected chi connectivity index (χ3v) is 3.72. The van der Waals surface area contributed by atoms with Crippen molar-refractivity contribution in [2.75, 3.05) is 11.1 Å². The summed E-state index contributed by atoms with van der Waals surface area (Å²) in [5.41, 5.74) is 3.09. The zero-order valence-electron chi connectivity index (χ0n) is 11.3. The normalized spacial score (nSPS) is 10.3. The molecule has 1 amide bonds. The van der Waals surface area contributed by atoms with Crippen LogP contribution in [0.15, 0.2) is 41.6 Å². The van der Waals surface area contributed by atoms with E-state index in [0.717, 1.165) is 21.8 Å². The van der Waals surface area contributed by atoms with Crippen molar-refractivity contribution in [1.29, 1.82) is 0 Å². The molecule has 5 heteroatoms. The van der Waals surface area contributed by atoms with Gasteiger partial charge in [-0.05, 0) is 49.2 Å². The van der Waals surface area contributed by atoms with Gasteiger partial charge in [0.25, 0.3) is 0 Å². The van der Waals surface area contributed by atoms with E-state index in [2.05, 4.69) is 16.4 Å². The average molecular weight is 307 g/mol. The lowest BCUT2D eigenvalue weighted by Crippen LogP contribution is -2.14. The number of thioether (sulfide) groups is 1. The van der Waals surface area contributed by atoms with Gasteiger partial charge in [0.2, 0.25) is 5.91 Å². The van der Waals surface area contributed by atoms with Gasteiger partial charge in [0, 0.05) is 11.9 Å². The molecule has 0 spiro atoms. The van der Waals surface area contributed by atoms with Gasteiger partial charge in [0.1, 0.15) is 0 Å². The molecule has 0 fully saturated rings. The average Bonchev–Trinajstić information content (AvgIpc) is 2.37. The van der Waals surface area contributed by atoms with E-state index < -0.39 is 0 Å². The lowest BCUT2D eigenvalue weighted by molar-refractivity contribution is -0.113. The van der Waals surface area contributed by atoms with Crippen LogP contribution < -0.4 is 5.32 Å². The molecule has 2 rings (SSSR count). The van der Waals surface area contributed by atoms with E-state index in [1.807, 2.05) is 26.0 Å². The quantitative estimate of drug-likeness (QED) is 0.865. The van der Waals surface area contributed by atoms with Crippen molar-refractivity contribution in [1.82, 2.24) is 4.98 Å². The molecular formula is C15H15ClN2OS. The number of carbonyl (C=O) groups is 1. The Morgan fingerprint density at radius 2 is 1.95 bits per heavy atom. The second-order valence-electron chi connectivity index (χ2n) is 4.53. The number of amides is 1. The minimum Gasteiger partial charge on any atom is -0.325 e. The van der Waals surface area contributed by atoms with Crippen LogP contribution in [0.25, 0.3) is 0 Å². The Morgan fingerprint density at radius 3 is 2.55 bits per heavy atom. The number of rotatable bonds is 4. The van der Waals surface area contributed by atoms with Gasteiger partial charge in [-0.15, -0.1) is 0 Å². The van der Waals surface area contributed by atoms with Crippen molar-refractivity contribution in [3.63, 3.8) is 0 Å². The van der Waals surface area contributed by atoms with Crippen molar-refractivity contribution < 1.29 is 4.79 Å². The first-order valence-electron chi connectivity index (χ1n) is 6.15. The number of nitrogens with zero attached hydrogens (tertiary/aromatic N) is 1. The van der Waals surface area contributed by atoms with Gasteiger partial charge >= 0.3 is 0 Å². The highest BCUT2D eigenvalue weighted by molar-refractivity contribution is 7.99. The molecule has 3 nitrogen and oxygen atoms in total. The molecule has 1 aromatic heterocycles.